The van der Waals surface area contributed by atoms with Gasteiger partial charge in [0.25, 0.3) is 0 Å². The number of para-hydroxylation sites is 1. The van der Waals surface area contributed by atoms with Gasteiger partial charge >= 0.3 is 5.97 Å². The Morgan fingerprint density at radius 1 is 1.03 bits per heavy atom. The number of nitrogens with one attached hydrogen (secondary N) is 1. The van der Waals surface area contributed by atoms with Gasteiger partial charge in [-0.15, -0.1) is 0 Å². The normalized spacial score (nSPS) is 10.9. The number of fused-ring (bicyclic) bond motifs is 1. The van der Waals surface area contributed by atoms with Gasteiger partial charge in [0.15, 0.2) is 12.4 Å². The van der Waals surface area contributed by atoms with Gasteiger partial charge in [-0.25, -0.2) is 4.79 Å². The fraction of sp³-hybridized carbons (Fsp3) is 0.261. The summed E-state index contributed by atoms with van der Waals surface area (Å²) in [5.41, 5.74) is 2.39. The predicted octanol–water partition coefficient (Wildman–Crippen LogP) is 4.20. The highest BCUT2D eigenvalue weighted by atomic mass is 16.5. The van der Waals surface area contributed by atoms with Crippen molar-refractivity contribution in [3.05, 3.63) is 65.9 Å². The maximum atomic E-state index is 12.4. The van der Waals surface area contributed by atoms with Crippen LogP contribution in [0, 0.1) is 5.92 Å². The highest BCUT2D eigenvalue weighted by Gasteiger charge is 2.17. The number of aryl methyl sites for hydroxylation is 1. The monoisotopic (exact) mass is 392 g/mol. The second-order valence-electron chi connectivity index (χ2n) is 7.39. The number of aromatic nitrogens is 1. The van der Waals surface area contributed by atoms with Crippen molar-refractivity contribution >= 4 is 34.3 Å². The second-order valence-corrected chi connectivity index (χ2v) is 7.39. The summed E-state index contributed by atoms with van der Waals surface area (Å²) >= 11 is 0. The molecule has 0 bridgehead atoms. The van der Waals surface area contributed by atoms with E-state index in [1.165, 1.54) is 0 Å². The Balaban J connectivity index is 1.60. The zero-order valence-electron chi connectivity index (χ0n) is 16.8. The summed E-state index contributed by atoms with van der Waals surface area (Å²) in [6.45, 7) is 3.60. The Labute approximate surface area is 169 Å². The molecule has 0 fully saturated rings. The first-order valence-corrected chi connectivity index (χ1v) is 9.49. The highest BCUT2D eigenvalue weighted by molar-refractivity contribution is 6.06. The number of carbonyl (C=O) groups is 3. The average Bonchev–Trinajstić information content (AvgIpc) is 3.03. The van der Waals surface area contributed by atoms with Crippen LogP contribution in [0.5, 0.6) is 0 Å². The van der Waals surface area contributed by atoms with Crippen molar-refractivity contribution in [3.8, 4) is 0 Å². The topological polar surface area (TPSA) is 77.4 Å². The van der Waals surface area contributed by atoms with Gasteiger partial charge < -0.3 is 14.6 Å². The van der Waals surface area contributed by atoms with E-state index < -0.39 is 5.97 Å². The van der Waals surface area contributed by atoms with Crippen molar-refractivity contribution < 1.29 is 19.1 Å². The summed E-state index contributed by atoms with van der Waals surface area (Å²) < 4.78 is 7.08. The number of hydrogen-bond acceptors (Lipinski definition) is 4. The third kappa shape index (κ3) is 4.90. The largest absolute Gasteiger partial charge is 0.454 e. The number of benzene rings is 2. The molecule has 3 aromatic rings. The molecular weight excluding hydrogens is 368 g/mol. The van der Waals surface area contributed by atoms with Gasteiger partial charge in [0.1, 0.15) is 0 Å². The van der Waals surface area contributed by atoms with Gasteiger partial charge in [0.05, 0.1) is 5.56 Å². The molecule has 150 valence electrons. The maximum Gasteiger partial charge on any atom is 0.340 e. The number of anilines is 1. The third-order valence-electron chi connectivity index (χ3n) is 4.54. The van der Waals surface area contributed by atoms with Crippen LogP contribution >= 0.6 is 0 Å². The summed E-state index contributed by atoms with van der Waals surface area (Å²) in [5.74, 6) is -0.637. The number of hydrogen-bond donors (Lipinski definition) is 1. The molecule has 0 unspecified atom stereocenters. The standard InChI is InChI=1S/C23H24N2O4/c1-15(2)12-22(27)24-17-10-8-16(9-11-17)21(26)14-29-23(28)19-13-25(3)20-7-5-4-6-18(19)20/h4-11,13,15H,12,14H2,1-3H3,(H,24,27). The lowest BCUT2D eigenvalue weighted by Crippen LogP contribution is -2.15. The van der Waals surface area contributed by atoms with Crippen LogP contribution in [-0.4, -0.2) is 28.8 Å². The quantitative estimate of drug-likeness (QED) is 0.483. The Morgan fingerprint density at radius 2 is 1.72 bits per heavy atom. The molecule has 0 aliphatic rings. The van der Waals surface area contributed by atoms with Gasteiger partial charge in [-0.05, 0) is 36.2 Å². The van der Waals surface area contributed by atoms with E-state index in [0.717, 1.165) is 10.9 Å². The SMILES string of the molecule is CC(C)CC(=O)Nc1ccc(C(=O)COC(=O)c2cn(C)c3ccccc23)cc1. The molecule has 0 saturated heterocycles. The lowest BCUT2D eigenvalue weighted by Gasteiger charge is -2.08. The first-order valence-electron chi connectivity index (χ1n) is 9.49. The first kappa shape index (κ1) is 20.3. The van der Waals surface area contributed by atoms with Crippen molar-refractivity contribution in [2.24, 2.45) is 13.0 Å². The molecule has 0 aliphatic heterocycles. The van der Waals surface area contributed by atoms with E-state index in [2.05, 4.69) is 5.32 Å². The van der Waals surface area contributed by atoms with Crippen LogP contribution in [0.1, 0.15) is 41.0 Å². The minimum Gasteiger partial charge on any atom is -0.454 e. The van der Waals surface area contributed by atoms with Crippen LogP contribution in [0.3, 0.4) is 0 Å². The Kier molecular flexibility index (Phi) is 6.12. The minimum atomic E-state index is -0.535. The number of amides is 1. The van der Waals surface area contributed by atoms with E-state index >= 15 is 0 Å². The van der Waals surface area contributed by atoms with Crippen molar-refractivity contribution in [3.63, 3.8) is 0 Å². The van der Waals surface area contributed by atoms with Crippen molar-refractivity contribution in [1.29, 1.82) is 0 Å². The first-order chi connectivity index (χ1) is 13.8. The fourth-order valence-electron chi connectivity index (χ4n) is 3.12. The van der Waals surface area contributed by atoms with Crippen LogP contribution in [-0.2, 0) is 16.6 Å². The number of rotatable bonds is 7. The van der Waals surface area contributed by atoms with E-state index in [9.17, 15) is 14.4 Å². The van der Waals surface area contributed by atoms with Crippen LogP contribution in [0.4, 0.5) is 5.69 Å². The number of esters is 1. The van der Waals surface area contributed by atoms with Crippen LogP contribution in [0.25, 0.3) is 10.9 Å². The van der Waals surface area contributed by atoms with Gasteiger partial charge in [0.2, 0.25) is 5.91 Å². The molecule has 3 rings (SSSR count). The zero-order valence-corrected chi connectivity index (χ0v) is 16.8. The Bertz CT molecular complexity index is 1050. The third-order valence-corrected chi connectivity index (χ3v) is 4.54. The van der Waals surface area contributed by atoms with Gasteiger partial charge in [-0.3, -0.25) is 9.59 Å². The lowest BCUT2D eigenvalue weighted by molar-refractivity contribution is -0.116. The molecule has 1 amide bonds. The van der Waals surface area contributed by atoms with E-state index in [0.29, 0.717) is 23.2 Å². The lowest BCUT2D eigenvalue weighted by atomic mass is 10.1. The van der Waals surface area contributed by atoms with Crippen molar-refractivity contribution in [2.75, 3.05) is 11.9 Å². The molecule has 0 aliphatic carbocycles. The molecule has 1 N–H and O–H groups in total. The van der Waals surface area contributed by atoms with E-state index in [1.54, 1.807) is 30.5 Å². The number of nitrogens with zero attached hydrogens (tertiary/aromatic N) is 1. The minimum absolute atomic E-state index is 0.0666. The zero-order chi connectivity index (χ0) is 21.0. The van der Waals surface area contributed by atoms with Crippen LogP contribution < -0.4 is 5.32 Å². The van der Waals surface area contributed by atoms with Gasteiger partial charge in [-0.1, -0.05) is 32.0 Å². The molecule has 0 atom stereocenters. The second kappa shape index (κ2) is 8.73. The van der Waals surface area contributed by atoms with E-state index in [1.807, 2.05) is 49.7 Å². The number of carbonyl (C=O) groups excluding carboxylic acids is 3. The number of ketones is 1. The average molecular weight is 392 g/mol. The summed E-state index contributed by atoms with van der Waals surface area (Å²) in [6, 6.07) is 14.1. The summed E-state index contributed by atoms with van der Waals surface area (Å²) in [6.07, 6.45) is 2.14. The van der Waals surface area contributed by atoms with Crippen LogP contribution in [0.2, 0.25) is 0 Å². The summed E-state index contributed by atoms with van der Waals surface area (Å²) in [4.78, 5) is 36.6. The number of ether oxygens (including phenoxy) is 1. The summed E-state index contributed by atoms with van der Waals surface area (Å²) in [7, 11) is 1.85. The highest BCUT2D eigenvalue weighted by Crippen LogP contribution is 2.21. The number of Topliss-reactive ketones (excluding diaryl/α,β-unsaturated/α-hetero) is 1. The van der Waals surface area contributed by atoms with Crippen molar-refractivity contribution in [2.45, 2.75) is 20.3 Å². The summed E-state index contributed by atoms with van der Waals surface area (Å²) in [5, 5.41) is 3.58. The smallest absolute Gasteiger partial charge is 0.340 e. The Hall–Kier alpha value is -3.41. The van der Waals surface area contributed by atoms with Crippen LogP contribution in [0.15, 0.2) is 54.7 Å². The molecule has 29 heavy (non-hydrogen) atoms. The van der Waals surface area contributed by atoms with Crippen molar-refractivity contribution in [1.82, 2.24) is 4.57 Å². The maximum absolute atomic E-state index is 12.4. The Morgan fingerprint density at radius 3 is 2.41 bits per heavy atom. The molecule has 1 aromatic heterocycles. The van der Waals surface area contributed by atoms with E-state index in [4.69, 9.17) is 4.74 Å². The molecule has 1 heterocycles. The molecule has 0 radical (unpaired) electrons. The van der Waals surface area contributed by atoms with Gasteiger partial charge in [0, 0.05) is 41.8 Å². The van der Waals surface area contributed by atoms with E-state index in [-0.39, 0.29) is 24.2 Å². The molecular formula is C23H24N2O4. The molecule has 6 nitrogen and oxygen atoms in total. The molecule has 6 heteroatoms. The molecule has 0 saturated carbocycles. The molecule has 2 aromatic carbocycles. The fourth-order valence-corrected chi connectivity index (χ4v) is 3.12. The predicted molar refractivity (Wildman–Crippen MR) is 112 cm³/mol. The van der Waals surface area contributed by atoms with Gasteiger partial charge in [-0.2, -0.15) is 0 Å². The molecule has 0 spiro atoms.